The summed E-state index contributed by atoms with van der Waals surface area (Å²) in [6.07, 6.45) is 3.20. The van der Waals surface area contributed by atoms with Crippen molar-refractivity contribution in [2.24, 2.45) is 0 Å². The number of piperidine rings is 1. The van der Waals surface area contributed by atoms with Gasteiger partial charge in [0.2, 0.25) is 0 Å². The maximum absolute atomic E-state index is 12.9. The summed E-state index contributed by atoms with van der Waals surface area (Å²) in [5, 5.41) is 1.00. The number of carbonyl (C=O) groups is 1. The van der Waals surface area contributed by atoms with Crippen LogP contribution in [0.25, 0.3) is 10.9 Å². The number of hydrogen-bond acceptors (Lipinski definition) is 5. The molecule has 1 aliphatic heterocycles. The second-order valence-corrected chi connectivity index (χ2v) is 7.19. The molecule has 0 spiro atoms. The van der Waals surface area contributed by atoms with Crippen molar-refractivity contribution in [3.05, 3.63) is 69.9 Å². The van der Waals surface area contributed by atoms with Gasteiger partial charge in [-0.2, -0.15) is 0 Å². The van der Waals surface area contributed by atoms with Crippen molar-refractivity contribution in [1.82, 2.24) is 9.88 Å². The number of aromatic nitrogens is 1. The van der Waals surface area contributed by atoms with E-state index in [2.05, 4.69) is 4.98 Å². The Morgan fingerprint density at radius 3 is 2.68 bits per heavy atom. The monoisotopic (exact) mass is 378 g/mol. The molecule has 0 unspecified atom stereocenters. The number of nitrogens with zero attached hydrogens (tertiary/aromatic N) is 2. The van der Waals surface area contributed by atoms with Crippen LogP contribution in [0.3, 0.4) is 0 Å². The van der Waals surface area contributed by atoms with E-state index in [1.165, 1.54) is 6.07 Å². The number of ether oxygens (including phenoxy) is 1. The van der Waals surface area contributed by atoms with Gasteiger partial charge in [0, 0.05) is 49.1 Å². The lowest BCUT2D eigenvalue weighted by molar-refractivity contribution is 0.0594. The smallest absolute Gasteiger partial charge is 0.339 e. The molecule has 0 bridgehead atoms. The van der Waals surface area contributed by atoms with Gasteiger partial charge in [-0.1, -0.05) is 0 Å². The second kappa shape index (κ2) is 7.46. The number of likely N-dealkylation sites (tertiary alicyclic amines) is 1. The molecule has 0 aliphatic carbocycles. The minimum atomic E-state index is -0.413. The number of fused-ring (bicyclic) bond motifs is 1. The average Bonchev–Trinajstić information content (AvgIpc) is 2.67. The predicted octanol–water partition coefficient (Wildman–Crippen LogP) is 3.49. The Balaban J connectivity index is 1.42. The molecule has 1 fully saturated rings. The Bertz CT molecular complexity index is 1080. The van der Waals surface area contributed by atoms with Crippen molar-refractivity contribution in [3.8, 4) is 5.75 Å². The molecule has 6 heteroatoms. The van der Waals surface area contributed by atoms with Crippen LogP contribution in [0.15, 0.2) is 51.8 Å². The largest absolute Gasteiger partial charge is 0.490 e. The Morgan fingerprint density at radius 2 is 1.93 bits per heavy atom. The van der Waals surface area contributed by atoms with Crippen molar-refractivity contribution in [2.75, 3.05) is 13.1 Å². The highest BCUT2D eigenvalue weighted by atomic mass is 16.5. The molecule has 6 nitrogen and oxygen atoms in total. The summed E-state index contributed by atoms with van der Waals surface area (Å²) in [5.41, 5.74) is 2.27. The van der Waals surface area contributed by atoms with E-state index in [9.17, 15) is 9.59 Å². The maximum atomic E-state index is 12.9. The van der Waals surface area contributed by atoms with Gasteiger partial charge < -0.3 is 14.1 Å². The molecular formula is C22H22N2O4. The zero-order valence-corrected chi connectivity index (χ0v) is 16.0. The van der Waals surface area contributed by atoms with Crippen LogP contribution in [-0.2, 0) is 0 Å². The van der Waals surface area contributed by atoms with Crippen LogP contribution in [0.2, 0.25) is 0 Å². The molecule has 3 heterocycles. The summed E-state index contributed by atoms with van der Waals surface area (Å²) in [6.45, 7) is 4.98. The normalized spacial score (nSPS) is 15.0. The van der Waals surface area contributed by atoms with Crippen molar-refractivity contribution in [2.45, 2.75) is 32.8 Å². The first-order valence-corrected chi connectivity index (χ1v) is 9.43. The van der Waals surface area contributed by atoms with Crippen LogP contribution in [0.1, 0.15) is 34.5 Å². The van der Waals surface area contributed by atoms with Crippen molar-refractivity contribution in [1.29, 1.82) is 0 Å². The van der Waals surface area contributed by atoms with E-state index in [1.807, 2.05) is 36.1 Å². The summed E-state index contributed by atoms with van der Waals surface area (Å²) >= 11 is 0. The van der Waals surface area contributed by atoms with E-state index in [1.54, 1.807) is 19.2 Å². The van der Waals surface area contributed by atoms with Crippen molar-refractivity contribution in [3.63, 3.8) is 0 Å². The topological polar surface area (TPSA) is 72.6 Å². The first kappa shape index (κ1) is 18.2. The summed E-state index contributed by atoms with van der Waals surface area (Å²) in [7, 11) is 0. The van der Waals surface area contributed by atoms with Crippen LogP contribution < -0.4 is 10.4 Å². The van der Waals surface area contributed by atoms with Crippen molar-refractivity contribution >= 4 is 16.8 Å². The van der Waals surface area contributed by atoms with Crippen molar-refractivity contribution < 1.29 is 13.9 Å². The highest BCUT2D eigenvalue weighted by Crippen LogP contribution is 2.22. The number of rotatable bonds is 3. The van der Waals surface area contributed by atoms with E-state index in [0.29, 0.717) is 30.2 Å². The number of amides is 1. The lowest BCUT2D eigenvalue weighted by Crippen LogP contribution is -2.41. The first-order chi connectivity index (χ1) is 13.5. The zero-order valence-electron chi connectivity index (χ0n) is 16.0. The van der Waals surface area contributed by atoms with Crippen LogP contribution in [-0.4, -0.2) is 35.0 Å². The lowest BCUT2D eigenvalue weighted by atomic mass is 10.0. The van der Waals surface area contributed by atoms with Gasteiger partial charge in [-0.15, -0.1) is 0 Å². The molecule has 1 aliphatic rings. The molecule has 0 N–H and O–H groups in total. The molecule has 0 radical (unpaired) electrons. The molecule has 2 aromatic heterocycles. The Labute approximate surface area is 162 Å². The fraction of sp³-hybridized carbons (Fsp3) is 0.318. The van der Waals surface area contributed by atoms with Gasteiger partial charge in [-0.25, -0.2) is 4.79 Å². The van der Waals surface area contributed by atoms with E-state index in [4.69, 9.17) is 9.15 Å². The fourth-order valence-electron chi connectivity index (χ4n) is 3.61. The second-order valence-electron chi connectivity index (χ2n) is 7.19. The molecule has 3 aromatic rings. The highest BCUT2D eigenvalue weighted by Gasteiger charge is 2.25. The fourth-order valence-corrected chi connectivity index (χ4v) is 3.61. The summed E-state index contributed by atoms with van der Waals surface area (Å²) in [4.78, 5) is 30.6. The first-order valence-electron chi connectivity index (χ1n) is 9.43. The van der Waals surface area contributed by atoms with E-state index >= 15 is 0 Å². The molecule has 0 saturated carbocycles. The molecule has 1 aromatic carbocycles. The highest BCUT2D eigenvalue weighted by molar-refractivity contribution is 5.98. The Hall–Kier alpha value is -3.15. The maximum Gasteiger partial charge on any atom is 0.339 e. The van der Waals surface area contributed by atoms with E-state index in [-0.39, 0.29) is 12.0 Å². The molecule has 4 rings (SSSR count). The number of aryl methyl sites for hydroxylation is 2. The number of benzene rings is 1. The zero-order chi connectivity index (χ0) is 19.7. The van der Waals surface area contributed by atoms with Gasteiger partial charge in [0.25, 0.3) is 5.91 Å². The van der Waals surface area contributed by atoms with E-state index < -0.39 is 5.63 Å². The SMILES string of the molecule is Cc1cc(OC2CCN(C(=O)c3ccc4nccc(C)c4c3)CC2)cc(=O)o1. The minimum absolute atomic E-state index is 0.0201. The molecular weight excluding hydrogens is 356 g/mol. The van der Waals surface area contributed by atoms with Gasteiger partial charge in [0.1, 0.15) is 17.6 Å². The Kier molecular flexibility index (Phi) is 4.86. The third kappa shape index (κ3) is 3.76. The Morgan fingerprint density at radius 1 is 1.14 bits per heavy atom. The summed E-state index contributed by atoms with van der Waals surface area (Å²) in [6, 6.07) is 10.7. The van der Waals surface area contributed by atoms with E-state index in [0.717, 1.165) is 29.3 Å². The summed E-state index contributed by atoms with van der Waals surface area (Å²) in [5.74, 6) is 1.08. The number of carbonyl (C=O) groups excluding carboxylic acids is 1. The van der Waals surface area contributed by atoms with Crippen LogP contribution in [0.5, 0.6) is 5.75 Å². The number of hydrogen-bond donors (Lipinski definition) is 0. The lowest BCUT2D eigenvalue weighted by Gasteiger charge is -2.32. The predicted molar refractivity (Wildman–Crippen MR) is 106 cm³/mol. The van der Waals surface area contributed by atoms with Gasteiger partial charge in [0.15, 0.2) is 0 Å². The van der Waals surface area contributed by atoms with Gasteiger partial charge >= 0.3 is 5.63 Å². The standard InChI is InChI=1S/C22H22N2O4/c1-14-5-8-23-20-4-3-16(12-19(14)20)22(26)24-9-6-17(7-10-24)28-18-11-15(2)27-21(25)13-18/h3-5,8,11-13,17H,6-7,9-10H2,1-2H3. The average molecular weight is 378 g/mol. The third-order valence-corrected chi connectivity index (χ3v) is 5.11. The van der Waals surface area contributed by atoms with Crippen LogP contribution in [0.4, 0.5) is 0 Å². The molecule has 144 valence electrons. The third-order valence-electron chi connectivity index (χ3n) is 5.11. The van der Waals surface area contributed by atoms with Crippen LogP contribution >= 0.6 is 0 Å². The molecule has 0 atom stereocenters. The molecule has 28 heavy (non-hydrogen) atoms. The van der Waals surface area contributed by atoms with Gasteiger partial charge in [-0.3, -0.25) is 9.78 Å². The molecule has 1 amide bonds. The summed E-state index contributed by atoms with van der Waals surface area (Å²) < 4.78 is 10.9. The number of pyridine rings is 1. The quantitative estimate of drug-likeness (QED) is 0.698. The van der Waals surface area contributed by atoms with Crippen LogP contribution in [0, 0.1) is 13.8 Å². The van der Waals surface area contributed by atoms with Gasteiger partial charge in [0.05, 0.1) is 11.6 Å². The van der Waals surface area contributed by atoms with Gasteiger partial charge in [-0.05, 0) is 43.7 Å². The minimum Gasteiger partial charge on any atom is -0.490 e. The molecule has 1 saturated heterocycles.